The minimum atomic E-state index is -0.484. The summed E-state index contributed by atoms with van der Waals surface area (Å²) in [6.45, 7) is 3.78. The van der Waals surface area contributed by atoms with E-state index in [1.54, 1.807) is 13.8 Å². The maximum atomic E-state index is 11.3. The van der Waals surface area contributed by atoms with Crippen LogP contribution in [0.1, 0.15) is 13.8 Å². The highest BCUT2D eigenvalue weighted by Gasteiger charge is 2.14. The van der Waals surface area contributed by atoms with Gasteiger partial charge in [-0.15, -0.1) is 0 Å². The number of anilines is 2. The fourth-order valence-corrected chi connectivity index (χ4v) is 1.05. The summed E-state index contributed by atoms with van der Waals surface area (Å²) in [6, 6.07) is -0.484. The third-order valence-electron chi connectivity index (χ3n) is 1.79. The summed E-state index contributed by atoms with van der Waals surface area (Å²) in [5.41, 5.74) is 2.37. The fourth-order valence-electron chi connectivity index (χ4n) is 1.05. The van der Waals surface area contributed by atoms with Crippen molar-refractivity contribution in [3.05, 3.63) is 12.4 Å². The second-order valence-corrected chi connectivity index (χ2v) is 3.05. The van der Waals surface area contributed by atoms with Crippen LogP contribution < -0.4 is 16.6 Å². The average molecular weight is 225 g/mol. The lowest BCUT2D eigenvalue weighted by atomic mass is 10.3. The topological polar surface area (TPSA) is 102 Å². The number of hydrogen-bond donors (Lipinski definition) is 3. The fraction of sp³-hybridized carbons (Fsp3) is 0.444. The van der Waals surface area contributed by atoms with Crippen LogP contribution in [0.25, 0.3) is 0 Å². The predicted molar refractivity (Wildman–Crippen MR) is 59.6 cm³/mol. The first kappa shape index (κ1) is 12.2. The number of carbonyl (C=O) groups excluding carboxylic acids is 1. The molecule has 0 saturated carbocycles. The molecule has 1 atom stereocenters. The Hall–Kier alpha value is -1.89. The average Bonchev–Trinajstić information content (AvgIpc) is 2.29. The van der Waals surface area contributed by atoms with Crippen LogP contribution in [0.3, 0.4) is 0 Å². The minimum Gasteiger partial charge on any atom is -0.464 e. The number of esters is 1. The molecule has 0 aliphatic heterocycles. The molecular formula is C9H15N5O2. The summed E-state index contributed by atoms with van der Waals surface area (Å²) in [7, 11) is 0. The minimum absolute atomic E-state index is 0.338. The zero-order valence-corrected chi connectivity index (χ0v) is 9.23. The number of hydrazine groups is 1. The smallest absolute Gasteiger partial charge is 0.328 e. The number of rotatable bonds is 5. The van der Waals surface area contributed by atoms with E-state index in [9.17, 15) is 4.79 Å². The van der Waals surface area contributed by atoms with Crippen LogP contribution in [0.2, 0.25) is 0 Å². The van der Waals surface area contributed by atoms with E-state index in [4.69, 9.17) is 10.6 Å². The molecule has 0 aromatic carbocycles. The van der Waals surface area contributed by atoms with Crippen molar-refractivity contribution < 1.29 is 9.53 Å². The molecule has 0 amide bonds. The number of nitrogens with zero attached hydrogens (tertiary/aromatic N) is 2. The van der Waals surface area contributed by atoms with Gasteiger partial charge in [-0.3, -0.25) is 4.98 Å². The summed E-state index contributed by atoms with van der Waals surface area (Å²) >= 11 is 0. The standard InChI is InChI=1S/C9H15N5O2/c1-3-16-9(15)6(2)12-7-4-11-5-8(13-7)14-10/h4-6H,3,10H2,1-2H3,(H2,12,13,14). The van der Waals surface area contributed by atoms with E-state index in [-0.39, 0.29) is 5.97 Å². The number of hydrogen-bond acceptors (Lipinski definition) is 7. The molecule has 0 aliphatic rings. The molecule has 1 aromatic heterocycles. The molecule has 1 heterocycles. The second kappa shape index (κ2) is 5.86. The molecule has 16 heavy (non-hydrogen) atoms. The lowest BCUT2D eigenvalue weighted by molar-refractivity contribution is -0.143. The Kier molecular flexibility index (Phi) is 4.46. The SMILES string of the molecule is CCOC(=O)C(C)Nc1cncc(NN)n1. The maximum Gasteiger partial charge on any atom is 0.328 e. The van der Waals surface area contributed by atoms with E-state index >= 15 is 0 Å². The number of carbonyl (C=O) groups is 1. The highest BCUT2D eigenvalue weighted by Crippen LogP contribution is 2.07. The summed E-state index contributed by atoms with van der Waals surface area (Å²) in [5, 5.41) is 2.86. The largest absolute Gasteiger partial charge is 0.464 e. The third kappa shape index (κ3) is 3.35. The van der Waals surface area contributed by atoms with Crippen LogP contribution in [-0.2, 0) is 9.53 Å². The molecular weight excluding hydrogens is 210 g/mol. The van der Waals surface area contributed by atoms with Crippen molar-refractivity contribution in [3.63, 3.8) is 0 Å². The van der Waals surface area contributed by atoms with Crippen molar-refractivity contribution >= 4 is 17.6 Å². The lowest BCUT2D eigenvalue weighted by Crippen LogP contribution is -2.28. The molecule has 0 spiro atoms. The Morgan fingerprint density at radius 1 is 1.56 bits per heavy atom. The summed E-state index contributed by atoms with van der Waals surface area (Å²) in [5.74, 6) is 5.72. The normalized spacial score (nSPS) is 11.7. The van der Waals surface area contributed by atoms with Crippen LogP contribution in [0.4, 0.5) is 11.6 Å². The van der Waals surface area contributed by atoms with Crippen LogP contribution in [0.5, 0.6) is 0 Å². The molecule has 0 bridgehead atoms. The number of nitrogens with two attached hydrogens (primary N) is 1. The highest BCUT2D eigenvalue weighted by atomic mass is 16.5. The van der Waals surface area contributed by atoms with Gasteiger partial charge in [-0.2, -0.15) is 0 Å². The van der Waals surface area contributed by atoms with Crippen LogP contribution in [0, 0.1) is 0 Å². The number of aromatic nitrogens is 2. The molecule has 1 aromatic rings. The molecule has 0 fully saturated rings. The number of nitrogens with one attached hydrogen (secondary N) is 2. The van der Waals surface area contributed by atoms with Gasteiger partial charge in [-0.1, -0.05) is 0 Å². The van der Waals surface area contributed by atoms with Gasteiger partial charge in [0.1, 0.15) is 11.9 Å². The van der Waals surface area contributed by atoms with E-state index in [1.807, 2.05) is 0 Å². The molecule has 0 saturated heterocycles. The van der Waals surface area contributed by atoms with Gasteiger partial charge in [0.2, 0.25) is 0 Å². The Balaban J connectivity index is 2.61. The van der Waals surface area contributed by atoms with Crippen LogP contribution in [0.15, 0.2) is 12.4 Å². The molecule has 0 radical (unpaired) electrons. The molecule has 1 rings (SSSR count). The van der Waals surface area contributed by atoms with Gasteiger partial charge in [-0.05, 0) is 13.8 Å². The molecule has 88 valence electrons. The first-order chi connectivity index (χ1) is 7.67. The van der Waals surface area contributed by atoms with Gasteiger partial charge in [0, 0.05) is 0 Å². The zero-order valence-electron chi connectivity index (χ0n) is 9.23. The molecule has 0 aliphatic carbocycles. The lowest BCUT2D eigenvalue weighted by Gasteiger charge is -2.13. The molecule has 1 unspecified atom stereocenters. The Bertz CT molecular complexity index is 358. The molecule has 7 heteroatoms. The second-order valence-electron chi connectivity index (χ2n) is 3.05. The van der Waals surface area contributed by atoms with Crippen LogP contribution in [-0.4, -0.2) is 28.6 Å². The van der Waals surface area contributed by atoms with E-state index in [2.05, 4.69) is 20.7 Å². The third-order valence-corrected chi connectivity index (χ3v) is 1.79. The van der Waals surface area contributed by atoms with Crippen molar-refractivity contribution in [1.82, 2.24) is 9.97 Å². The van der Waals surface area contributed by atoms with Gasteiger partial charge >= 0.3 is 5.97 Å². The van der Waals surface area contributed by atoms with E-state index in [1.165, 1.54) is 12.4 Å². The first-order valence-corrected chi connectivity index (χ1v) is 4.89. The van der Waals surface area contributed by atoms with Gasteiger partial charge in [0.15, 0.2) is 5.82 Å². The van der Waals surface area contributed by atoms with Gasteiger partial charge < -0.3 is 15.5 Å². The maximum absolute atomic E-state index is 11.3. The van der Waals surface area contributed by atoms with Crippen molar-refractivity contribution in [3.8, 4) is 0 Å². The van der Waals surface area contributed by atoms with E-state index < -0.39 is 6.04 Å². The Morgan fingerprint density at radius 2 is 2.25 bits per heavy atom. The molecule has 7 nitrogen and oxygen atoms in total. The van der Waals surface area contributed by atoms with E-state index in [0.29, 0.717) is 18.2 Å². The van der Waals surface area contributed by atoms with E-state index in [0.717, 1.165) is 0 Å². The first-order valence-electron chi connectivity index (χ1n) is 4.89. The van der Waals surface area contributed by atoms with Gasteiger partial charge in [0.05, 0.1) is 19.0 Å². The predicted octanol–water partition coefficient (Wildman–Crippen LogP) is 0.126. The summed E-state index contributed by atoms with van der Waals surface area (Å²) in [6.07, 6.45) is 2.97. The van der Waals surface area contributed by atoms with Crippen LogP contribution >= 0.6 is 0 Å². The number of nitrogen functional groups attached to an aromatic ring is 1. The Labute approximate surface area is 93.4 Å². The summed E-state index contributed by atoms with van der Waals surface area (Å²) in [4.78, 5) is 19.3. The highest BCUT2D eigenvalue weighted by molar-refractivity contribution is 5.78. The van der Waals surface area contributed by atoms with Gasteiger partial charge in [-0.25, -0.2) is 15.6 Å². The monoisotopic (exact) mass is 225 g/mol. The Morgan fingerprint density at radius 3 is 2.88 bits per heavy atom. The quantitative estimate of drug-likeness (QED) is 0.371. The number of ether oxygens (including phenoxy) is 1. The van der Waals surface area contributed by atoms with Gasteiger partial charge in [0.25, 0.3) is 0 Å². The van der Waals surface area contributed by atoms with Crippen molar-refractivity contribution in [2.75, 3.05) is 17.3 Å². The van der Waals surface area contributed by atoms with Crippen molar-refractivity contribution in [2.45, 2.75) is 19.9 Å². The zero-order chi connectivity index (χ0) is 12.0. The van der Waals surface area contributed by atoms with Crippen molar-refractivity contribution in [2.24, 2.45) is 5.84 Å². The molecule has 4 N–H and O–H groups in total. The van der Waals surface area contributed by atoms with Crippen molar-refractivity contribution in [1.29, 1.82) is 0 Å². The summed E-state index contributed by atoms with van der Waals surface area (Å²) < 4.78 is 4.84.